The topological polar surface area (TPSA) is 41.5 Å². The number of nitrogens with one attached hydrogen (secondary N) is 1. The van der Waals surface area contributed by atoms with Crippen LogP contribution in [0.5, 0.6) is 0 Å². The number of nitrogens with zero attached hydrogens (tertiary/aromatic N) is 1. The van der Waals surface area contributed by atoms with E-state index in [9.17, 15) is 4.79 Å². The van der Waals surface area contributed by atoms with Gasteiger partial charge in [-0.05, 0) is 13.1 Å². The summed E-state index contributed by atoms with van der Waals surface area (Å²) in [5.74, 6) is 0.00463. The number of hydrogen-bond acceptors (Lipinski definition) is 2. The van der Waals surface area contributed by atoms with Crippen molar-refractivity contribution in [1.82, 2.24) is 5.32 Å². The molecule has 0 spiro atoms. The lowest BCUT2D eigenvalue weighted by Gasteiger charge is -1.80. The van der Waals surface area contributed by atoms with Gasteiger partial charge in [0.05, 0.1) is 0 Å². The third-order valence-electron chi connectivity index (χ3n) is 0.610. The smallest absolute Gasteiger partial charge is 0.216 e. The highest BCUT2D eigenvalue weighted by molar-refractivity contribution is 5.72. The van der Waals surface area contributed by atoms with Gasteiger partial charge < -0.3 is 10.3 Å². The molecule has 0 unspecified atom stereocenters. The fraction of sp³-hybridized carbons (Fsp3) is 0.667. The number of hydrogen-bond donors (Lipinski definition) is 1. The quantitative estimate of drug-likeness (QED) is 0.475. The van der Waals surface area contributed by atoms with E-state index in [1.165, 1.54) is 6.92 Å². The van der Waals surface area contributed by atoms with Crippen molar-refractivity contribution >= 4 is 12.1 Å². The average molecular weight is 130 g/mol. The van der Waals surface area contributed by atoms with Crippen LogP contribution in [-0.2, 0) is 4.79 Å². The highest BCUT2D eigenvalue weighted by Crippen LogP contribution is 1.45. The molecule has 3 heteroatoms. The summed E-state index contributed by atoms with van der Waals surface area (Å²) in [6.07, 6.45) is 1.75. The molecule has 1 amide bonds. The molecule has 0 aromatic heterocycles. The molecule has 0 radical (unpaired) electrons. The first kappa shape index (κ1) is 11.0. The molecule has 0 saturated heterocycles. The van der Waals surface area contributed by atoms with E-state index in [1.54, 1.807) is 20.3 Å². The Labute approximate surface area is 56.2 Å². The van der Waals surface area contributed by atoms with Crippen molar-refractivity contribution < 1.29 is 4.79 Å². The molecule has 0 aliphatic rings. The molecule has 3 nitrogen and oxygen atoms in total. The molecule has 0 rings (SSSR count). The van der Waals surface area contributed by atoms with Crippen LogP contribution in [0.15, 0.2) is 4.99 Å². The molecule has 0 atom stereocenters. The van der Waals surface area contributed by atoms with E-state index in [1.807, 2.05) is 6.92 Å². The van der Waals surface area contributed by atoms with Crippen LogP contribution >= 0.6 is 0 Å². The first-order valence-corrected chi connectivity index (χ1v) is 2.74. The third-order valence-corrected chi connectivity index (χ3v) is 0.610. The molecule has 0 fully saturated rings. The fourth-order valence-electron chi connectivity index (χ4n) is 0. The zero-order valence-corrected chi connectivity index (χ0v) is 6.43. The minimum atomic E-state index is 0.00463. The van der Waals surface area contributed by atoms with Crippen LogP contribution in [0.25, 0.3) is 0 Å². The van der Waals surface area contributed by atoms with Gasteiger partial charge in [0, 0.05) is 21.0 Å². The Kier molecular flexibility index (Phi) is 12.5. The van der Waals surface area contributed by atoms with Crippen LogP contribution in [0.4, 0.5) is 0 Å². The van der Waals surface area contributed by atoms with E-state index in [0.717, 1.165) is 0 Å². The van der Waals surface area contributed by atoms with Crippen molar-refractivity contribution in [3.05, 3.63) is 0 Å². The normalized spacial score (nSPS) is 8.00. The maximum absolute atomic E-state index is 9.70. The minimum Gasteiger partial charge on any atom is -0.359 e. The molecule has 0 bridgehead atoms. The van der Waals surface area contributed by atoms with Gasteiger partial charge in [0.15, 0.2) is 0 Å². The van der Waals surface area contributed by atoms with Gasteiger partial charge in [-0.3, -0.25) is 4.79 Å². The van der Waals surface area contributed by atoms with E-state index in [4.69, 9.17) is 0 Å². The van der Waals surface area contributed by atoms with Gasteiger partial charge in [-0.2, -0.15) is 0 Å². The Morgan fingerprint density at radius 1 is 1.67 bits per heavy atom. The fourth-order valence-corrected chi connectivity index (χ4v) is 0. The Morgan fingerprint density at radius 2 is 1.89 bits per heavy atom. The van der Waals surface area contributed by atoms with Gasteiger partial charge in [0.1, 0.15) is 0 Å². The van der Waals surface area contributed by atoms with Crippen molar-refractivity contribution in [2.75, 3.05) is 14.1 Å². The number of aliphatic imine (C=N–C) groups is 1. The Bertz CT molecular complexity index is 85.1. The van der Waals surface area contributed by atoms with Crippen LogP contribution in [0.1, 0.15) is 13.8 Å². The van der Waals surface area contributed by atoms with Crippen molar-refractivity contribution in [2.45, 2.75) is 13.8 Å². The molecule has 0 aromatic carbocycles. The third kappa shape index (κ3) is 41.2. The lowest BCUT2D eigenvalue weighted by Crippen LogP contribution is -2.11. The van der Waals surface area contributed by atoms with E-state index in [-0.39, 0.29) is 5.91 Å². The standard InChI is InChI=1S/C3H7NO.C3H7N/c1-3(5)4-2;1-3-4-2/h1-2H3,(H,4,5);3H,1-2H3. The molecule has 0 aromatic rings. The van der Waals surface area contributed by atoms with Crippen LogP contribution in [0, 0.1) is 0 Å². The van der Waals surface area contributed by atoms with Crippen LogP contribution in [0.3, 0.4) is 0 Å². The molecule has 0 saturated carbocycles. The maximum Gasteiger partial charge on any atom is 0.216 e. The van der Waals surface area contributed by atoms with E-state index < -0.39 is 0 Å². The zero-order valence-electron chi connectivity index (χ0n) is 6.43. The summed E-state index contributed by atoms with van der Waals surface area (Å²) in [6, 6.07) is 0. The summed E-state index contributed by atoms with van der Waals surface area (Å²) in [7, 11) is 3.35. The second-order valence-electron chi connectivity index (χ2n) is 1.32. The zero-order chi connectivity index (χ0) is 7.70. The number of amides is 1. The van der Waals surface area contributed by atoms with E-state index in [2.05, 4.69) is 10.3 Å². The maximum atomic E-state index is 9.70. The van der Waals surface area contributed by atoms with Crippen LogP contribution in [-0.4, -0.2) is 26.2 Å². The van der Waals surface area contributed by atoms with Gasteiger partial charge in [-0.25, -0.2) is 0 Å². The summed E-state index contributed by atoms with van der Waals surface area (Å²) in [4.78, 5) is 13.3. The van der Waals surface area contributed by atoms with Gasteiger partial charge in [0.25, 0.3) is 0 Å². The molecule has 9 heavy (non-hydrogen) atoms. The van der Waals surface area contributed by atoms with Crippen LogP contribution < -0.4 is 5.32 Å². The molecule has 1 N–H and O–H groups in total. The molecule has 54 valence electrons. The highest BCUT2D eigenvalue weighted by Gasteiger charge is 1.72. The molecular formula is C6H14N2O. The largest absolute Gasteiger partial charge is 0.359 e. The first-order valence-electron chi connectivity index (χ1n) is 2.74. The Hall–Kier alpha value is -0.860. The number of carbonyl (C=O) groups is 1. The van der Waals surface area contributed by atoms with Gasteiger partial charge in [0.2, 0.25) is 5.91 Å². The number of carbonyl (C=O) groups excluding carboxylic acids is 1. The minimum absolute atomic E-state index is 0.00463. The summed E-state index contributed by atoms with van der Waals surface area (Å²) < 4.78 is 0. The molecule has 0 heterocycles. The predicted octanol–water partition coefficient (Wildman–Crippen LogP) is 0.459. The lowest BCUT2D eigenvalue weighted by atomic mass is 10.7. The molecule has 0 aliphatic heterocycles. The van der Waals surface area contributed by atoms with Crippen LogP contribution in [0.2, 0.25) is 0 Å². The second-order valence-corrected chi connectivity index (χ2v) is 1.32. The van der Waals surface area contributed by atoms with Gasteiger partial charge in [-0.1, -0.05) is 0 Å². The average Bonchev–Trinajstić information content (AvgIpc) is 1.89. The summed E-state index contributed by atoms with van der Waals surface area (Å²) >= 11 is 0. The highest BCUT2D eigenvalue weighted by atomic mass is 16.1. The Morgan fingerprint density at radius 3 is 1.89 bits per heavy atom. The number of rotatable bonds is 0. The second kappa shape index (κ2) is 10.2. The van der Waals surface area contributed by atoms with Gasteiger partial charge in [-0.15, -0.1) is 0 Å². The van der Waals surface area contributed by atoms with Gasteiger partial charge >= 0.3 is 0 Å². The lowest BCUT2D eigenvalue weighted by molar-refractivity contribution is -0.118. The SMILES string of the molecule is CC=NC.CNC(C)=O. The summed E-state index contributed by atoms with van der Waals surface area (Å²) in [6.45, 7) is 3.36. The molecular weight excluding hydrogens is 116 g/mol. The monoisotopic (exact) mass is 130 g/mol. The van der Waals surface area contributed by atoms with E-state index in [0.29, 0.717) is 0 Å². The molecule has 0 aliphatic carbocycles. The summed E-state index contributed by atoms with van der Waals surface area (Å²) in [5.41, 5.74) is 0. The first-order chi connectivity index (χ1) is 4.18. The van der Waals surface area contributed by atoms with Crippen molar-refractivity contribution in [2.24, 2.45) is 4.99 Å². The Balaban J connectivity index is 0. The van der Waals surface area contributed by atoms with Crippen molar-refractivity contribution in [3.8, 4) is 0 Å². The van der Waals surface area contributed by atoms with Crippen molar-refractivity contribution in [1.29, 1.82) is 0 Å². The van der Waals surface area contributed by atoms with E-state index >= 15 is 0 Å². The summed E-state index contributed by atoms with van der Waals surface area (Å²) in [5, 5.41) is 2.39. The van der Waals surface area contributed by atoms with Crippen molar-refractivity contribution in [3.63, 3.8) is 0 Å². The predicted molar refractivity (Wildman–Crippen MR) is 39.8 cm³/mol.